The molecule has 0 aromatic heterocycles. The highest BCUT2D eigenvalue weighted by atomic mass is 16.5. The number of likely N-dealkylation sites (N-methyl/N-ethyl adjacent to an activating group) is 1. The third-order valence-electron chi connectivity index (χ3n) is 3.48. The number of rotatable bonds is 6. The molecule has 0 saturated carbocycles. The lowest BCUT2D eigenvalue weighted by molar-refractivity contribution is 0.185. The van der Waals surface area contributed by atoms with E-state index in [1.54, 1.807) is 7.11 Å². The Balaban J connectivity index is 1.80. The molecule has 1 unspecified atom stereocenters. The zero-order valence-electron chi connectivity index (χ0n) is 11.5. The van der Waals surface area contributed by atoms with E-state index in [0.717, 1.165) is 13.1 Å². The lowest BCUT2D eigenvalue weighted by atomic mass is 10.1. The van der Waals surface area contributed by atoms with Gasteiger partial charge in [-0.3, -0.25) is 0 Å². The minimum Gasteiger partial charge on any atom is -0.380 e. The lowest BCUT2D eigenvalue weighted by Crippen LogP contribution is -2.34. The van der Waals surface area contributed by atoms with Crippen LogP contribution in [0.15, 0.2) is 24.3 Å². The summed E-state index contributed by atoms with van der Waals surface area (Å²) in [5, 5.41) is 3.54. The summed E-state index contributed by atoms with van der Waals surface area (Å²) in [6, 6.07) is 9.39. The average Bonchev–Trinajstić information content (AvgIpc) is 2.84. The van der Waals surface area contributed by atoms with E-state index < -0.39 is 0 Å². The molecule has 0 spiro atoms. The Labute approximate surface area is 110 Å². The molecule has 0 aliphatic carbocycles. The SMILES string of the molecule is COCc1ccc(CN(C)CC2CCCN2)cc1. The van der Waals surface area contributed by atoms with Crippen molar-refractivity contribution < 1.29 is 4.74 Å². The minimum absolute atomic E-state index is 0.683. The molecule has 1 aromatic rings. The van der Waals surface area contributed by atoms with E-state index in [2.05, 4.69) is 41.5 Å². The Morgan fingerprint density at radius 3 is 2.61 bits per heavy atom. The first kappa shape index (κ1) is 13.5. The lowest BCUT2D eigenvalue weighted by Gasteiger charge is -2.21. The quantitative estimate of drug-likeness (QED) is 0.833. The van der Waals surface area contributed by atoms with Crippen LogP contribution in [0.2, 0.25) is 0 Å². The van der Waals surface area contributed by atoms with Gasteiger partial charge in [0.15, 0.2) is 0 Å². The second kappa shape index (κ2) is 6.88. The number of methoxy groups -OCH3 is 1. The van der Waals surface area contributed by atoms with Gasteiger partial charge in [0.2, 0.25) is 0 Å². The van der Waals surface area contributed by atoms with Gasteiger partial charge in [-0.1, -0.05) is 24.3 Å². The Bertz CT molecular complexity index is 344. The summed E-state index contributed by atoms with van der Waals surface area (Å²) in [6.45, 7) is 4.04. The molecule has 0 radical (unpaired) electrons. The third-order valence-corrected chi connectivity index (χ3v) is 3.48. The molecule has 1 aromatic carbocycles. The minimum atomic E-state index is 0.683. The van der Waals surface area contributed by atoms with E-state index in [0.29, 0.717) is 12.6 Å². The fourth-order valence-electron chi connectivity index (χ4n) is 2.57. The van der Waals surface area contributed by atoms with Crippen molar-refractivity contribution in [2.24, 2.45) is 0 Å². The summed E-state index contributed by atoms with van der Waals surface area (Å²) in [5.41, 5.74) is 2.61. The highest BCUT2D eigenvalue weighted by molar-refractivity contribution is 5.21. The third kappa shape index (κ3) is 4.09. The van der Waals surface area contributed by atoms with E-state index in [1.807, 2.05) is 0 Å². The summed E-state index contributed by atoms with van der Waals surface area (Å²) in [7, 11) is 3.93. The molecular formula is C15H24N2O. The zero-order chi connectivity index (χ0) is 12.8. The van der Waals surface area contributed by atoms with Gasteiger partial charge in [0.25, 0.3) is 0 Å². The van der Waals surface area contributed by atoms with Crippen LogP contribution in [0.5, 0.6) is 0 Å². The van der Waals surface area contributed by atoms with Crippen LogP contribution in [0.25, 0.3) is 0 Å². The van der Waals surface area contributed by atoms with Crippen LogP contribution in [0.1, 0.15) is 24.0 Å². The highest BCUT2D eigenvalue weighted by Crippen LogP contribution is 2.10. The van der Waals surface area contributed by atoms with Crippen LogP contribution in [0, 0.1) is 0 Å². The molecule has 0 bridgehead atoms. The number of nitrogens with zero attached hydrogens (tertiary/aromatic N) is 1. The van der Waals surface area contributed by atoms with Crippen LogP contribution in [-0.2, 0) is 17.9 Å². The number of ether oxygens (including phenoxy) is 1. The Morgan fingerprint density at radius 1 is 1.28 bits per heavy atom. The predicted molar refractivity (Wildman–Crippen MR) is 74.5 cm³/mol. The van der Waals surface area contributed by atoms with Crippen molar-refractivity contribution in [1.29, 1.82) is 0 Å². The molecule has 1 aliphatic heterocycles. The van der Waals surface area contributed by atoms with Gasteiger partial charge >= 0.3 is 0 Å². The van der Waals surface area contributed by atoms with E-state index in [-0.39, 0.29) is 0 Å². The molecule has 1 aliphatic rings. The summed E-state index contributed by atoms with van der Waals surface area (Å²) >= 11 is 0. The van der Waals surface area contributed by atoms with Crippen molar-refractivity contribution in [3.63, 3.8) is 0 Å². The van der Waals surface area contributed by atoms with Crippen molar-refractivity contribution in [3.8, 4) is 0 Å². The van der Waals surface area contributed by atoms with E-state index in [1.165, 1.54) is 30.5 Å². The van der Waals surface area contributed by atoms with Crippen molar-refractivity contribution in [1.82, 2.24) is 10.2 Å². The second-order valence-corrected chi connectivity index (χ2v) is 5.24. The zero-order valence-corrected chi connectivity index (χ0v) is 11.5. The van der Waals surface area contributed by atoms with E-state index in [4.69, 9.17) is 4.74 Å². The first-order valence-electron chi connectivity index (χ1n) is 6.76. The number of hydrogen-bond acceptors (Lipinski definition) is 3. The summed E-state index contributed by atoms with van der Waals surface area (Å²) in [4.78, 5) is 2.40. The van der Waals surface area contributed by atoms with Crippen molar-refractivity contribution in [3.05, 3.63) is 35.4 Å². The summed E-state index contributed by atoms with van der Waals surface area (Å²) in [6.07, 6.45) is 2.64. The van der Waals surface area contributed by atoms with Gasteiger partial charge in [-0.2, -0.15) is 0 Å². The van der Waals surface area contributed by atoms with Gasteiger partial charge < -0.3 is 15.0 Å². The molecule has 0 amide bonds. The van der Waals surface area contributed by atoms with Crippen LogP contribution in [-0.4, -0.2) is 38.2 Å². The van der Waals surface area contributed by atoms with Crippen LogP contribution < -0.4 is 5.32 Å². The summed E-state index contributed by atoms with van der Waals surface area (Å²) < 4.78 is 5.12. The molecule has 1 heterocycles. The number of benzene rings is 1. The normalized spacial score (nSPS) is 19.6. The van der Waals surface area contributed by atoms with E-state index in [9.17, 15) is 0 Å². The van der Waals surface area contributed by atoms with Crippen molar-refractivity contribution >= 4 is 0 Å². The smallest absolute Gasteiger partial charge is 0.0713 e. The second-order valence-electron chi connectivity index (χ2n) is 5.24. The Hall–Kier alpha value is -0.900. The molecule has 1 saturated heterocycles. The van der Waals surface area contributed by atoms with Crippen LogP contribution >= 0.6 is 0 Å². The molecule has 1 fully saturated rings. The Morgan fingerprint density at radius 2 is 2.00 bits per heavy atom. The van der Waals surface area contributed by atoms with Gasteiger partial charge in [-0.15, -0.1) is 0 Å². The molecule has 1 N–H and O–H groups in total. The van der Waals surface area contributed by atoms with Crippen LogP contribution in [0.3, 0.4) is 0 Å². The largest absolute Gasteiger partial charge is 0.380 e. The highest BCUT2D eigenvalue weighted by Gasteiger charge is 2.15. The molecular weight excluding hydrogens is 224 g/mol. The van der Waals surface area contributed by atoms with Gasteiger partial charge in [0.1, 0.15) is 0 Å². The molecule has 18 heavy (non-hydrogen) atoms. The maximum absolute atomic E-state index is 5.12. The predicted octanol–water partition coefficient (Wildman–Crippen LogP) is 2.02. The first-order valence-corrected chi connectivity index (χ1v) is 6.76. The molecule has 3 heteroatoms. The number of hydrogen-bond donors (Lipinski definition) is 1. The fourth-order valence-corrected chi connectivity index (χ4v) is 2.57. The Kier molecular flexibility index (Phi) is 5.17. The standard InChI is InChI=1S/C15H24N2O/c1-17(11-15-4-3-9-16-15)10-13-5-7-14(8-6-13)12-18-2/h5-8,15-16H,3-4,9-12H2,1-2H3. The fraction of sp³-hybridized carbons (Fsp3) is 0.600. The van der Waals surface area contributed by atoms with Gasteiger partial charge in [-0.05, 0) is 37.6 Å². The number of nitrogens with one attached hydrogen (secondary N) is 1. The van der Waals surface area contributed by atoms with Crippen molar-refractivity contribution in [2.75, 3.05) is 27.2 Å². The summed E-state index contributed by atoms with van der Waals surface area (Å²) in [5.74, 6) is 0. The van der Waals surface area contributed by atoms with Gasteiger partial charge in [0.05, 0.1) is 6.61 Å². The van der Waals surface area contributed by atoms with Crippen molar-refractivity contribution in [2.45, 2.75) is 32.0 Å². The average molecular weight is 248 g/mol. The molecule has 100 valence electrons. The monoisotopic (exact) mass is 248 g/mol. The first-order chi connectivity index (χ1) is 8.78. The maximum atomic E-state index is 5.12. The maximum Gasteiger partial charge on any atom is 0.0713 e. The van der Waals surface area contributed by atoms with Gasteiger partial charge in [-0.25, -0.2) is 0 Å². The topological polar surface area (TPSA) is 24.5 Å². The van der Waals surface area contributed by atoms with Crippen LogP contribution in [0.4, 0.5) is 0 Å². The molecule has 3 nitrogen and oxygen atoms in total. The molecule has 2 rings (SSSR count). The van der Waals surface area contributed by atoms with E-state index >= 15 is 0 Å². The molecule has 1 atom stereocenters. The van der Waals surface area contributed by atoms with Gasteiger partial charge in [0, 0.05) is 26.2 Å².